The lowest BCUT2D eigenvalue weighted by molar-refractivity contribution is -0.0166. The van der Waals surface area contributed by atoms with Crippen molar-refractivity contribution in [2.24, 2.45) is 0 Å². The highest BCUT2D eigenvalue weighted by atomic mass is 16.6. The van der Waals surface area contributed by atoms with Crippen molar-refractivity contribution in [3.8, 4) is 17.2 Å². The van der Waals surface area contributed by atoms with Gasteiger partial charge in [-0.05, 0) is 69.4 Å². The van der Waals surface area contributed by atoms with Gasteiger partial charge in [0.25, 0.3) is 0 Å². The number of ether oxygens (including phenoxy) is 3. The molecule has 1 N–H and O–H groups in total. The molecule has 5 heteroatoms. The first-order valence-corrected chi connectivity index (χ1v) is 9.08. The van der Waals surface area contributed by atoms with Crippen molar-refractivity contribution < 1.29 is 24.1 Å². The third-order valence-electron chi connectivity index (χ3n) is 5.43. The maximum absolute atomic E-state index is 12.5. The lowest BCUT2D eigenvalue weighted by Gasteiger charge is -2.37. The number of phenolic OH excluding ortho intramolecular Hbond substituents is 1. The maximum atomic E-state index is 12.5. The highest BCUT2D eigenvalue weighted by molar-refractivity contribution is 5.92. The van der Waals surface area contributed by atoms with Gasteiger partial charge in [-0.15, -0.1) is 0 Å². The minimum absolute atomic E-state index is 0.141. The van der Waals surface area contributed by atoms with Gasteiger partial charge in [0.2, 0.25) is 0 Å². The molecule has 0 saturated carbocycles. The zero-order valence-corrected chi connectivity index (χ0v) is 16.5. The summed E-state index contributed by atoms with van der Waals surface area (Å²) in [6.07, 6.45) is 1.46. The largest absolute Gasteiger partial charge is 0.507 e. The third-order valence-corrected chi connectivity index (χ3v) is 5.43. The van der Waals surface area contributed by atoms with E-state index in [0.717, 1.165) is 34.4 Å². The lowest BCUT2D eigenvalue weighted by Crippen LogP contribution is -2.42. The number of phenols is 1. The third kappa shape index (κ3) is 3.46. The van der Waals surface area contributed by atoms with E-state index in [4.69, 9.17) is 14.2 Å². The van der Waals surface area contributed by atoms with Crippen LogP contribution in [0.5, 0.6) is 17.2 Å². The van der Waals surface area contributed by atoms with Crippen LogP contribution in [0.2, 0.25) is 0 Å². The predicted octanol–water partition coefficient (Wildman–Crippen LogP) is 4.27. The van der Waals surface area contributed by atoms with Crippen LogP contribution in [0, 0.1) is 20.8 Å². The molecule has 0 aromatic heterocycles. The molecule has 144 valence electrons. The molecular weight excluding hydrogens is 344 g/mol. The van der Waals surface area contributed by atoms with Gasteiger partial charge < -0.3 is 19.3 Å². The standard InChI is InChI=1S/C22H26O5/c1-13-14(2)20-16(15(3)19(13)23)10-11-22(4,27-20)12-26-21(24)17-8-6-7-9-18(17)25-5/h6-9,23H,10-12H2,1-5H3. The van der Waals surface area contributed by atoms with Gasteiger partial charge in [0.05, 0.1) is 7.11 Å². The molecule has 2 aromatic rings. The summed E-state index contributed by atoms with van der Waals surface area (Å²) in [4.78, 5) is 12.5. The van der Waals surface area contributed by atoms with Crippen LogP contribution >= 0.6 is 0 Å². The van der Waals surface area contributed by atoms with Gasteiger partial charge in [0.15, 0.2) is 0 Å². The summed E-state index contributed by atoms with van der Waals surface area (Å²) in [5.74, 6) is 1.18. The first-order chi connectivity index (χ1) is 12.8. The molecular formula is C22H26O5. The summed E-state index contributed by atoms with van der Waals surface area (Å²) in [7, 11) is 1.53. The molecule has 0 saturated heterocycles. The number of benzene rings is 2. The number of aromatic hydroxyl groups is 1. The molecule has 3 rings (SSSR count). The smallest absolute Gasteiger partial charge is 0.342 e. The van der Waals surface area contributed by atoms with E-state index in [-0.39, 0.29) is 6.61 Å². The Morgan fingerprint density at radius 1 is 1.19 bits per heavy atom. The van der Waals surface area contributed by atoms with Crippen molar-refractivity contribution in [1.82, 2.24) is 0 Å². The van der Waals surface area contributed by atoms with Crippen LogP contribution in [0.25, 0.3) is 0 Å². The Kier molecular flexibility index (Phi) is 5.05. The molecule has 0 bridgehead atoms. The van der Waals surface area contributed by atoms with Gasteiger partial charge >= 0.3 is 5.97 Å². The second kappa shape index (κ2) is 7.14. The van der Waals surface area contributed by atoms with Crippen LogP contribution in [0.15, 0.2) is 24.3 Å². The molecule has 5 nitrogen and oxygen atoms in total. The minimum Gasteiger partial charge on any atom is -0.507 e. The van der Waals surface area contributed by atoms with Crippen LogP contribution < -0.4 is 9.47 Å². The van der Waals surface area contributed by atoms with E-state index in [9.17, 15) is 9.90 Å². The van der Waals surface area contributed by atoms with E-state index < -0.39 is 11.6 Å². The van der Waals surface area contributed by atoms with Crippen molar-refractivity contribution in [2.45, 2.75) is 46.1 Å². The Labute approximate surface area is 159 Å². The lowest BCUT2D eigenvalue weighted by atomic mass is 9.87. The number of fused-ring (bicyclic) bond motifs is 1. The Morgan fingerprint density at radius 2 is 1.89 bits per heavy atom. The molecule has 1 unspecified atom stereocenters. The summed E-state index contributed by atoms with van der Waals surface area (Å²) in [6, 6.07) is 6.99. The summed E-state index contributed by atoms with van der Waals surface area (Å²) in [5, 5.41) is 10.3. The van der Waals surface area contributed by atoms with Crippen molar-refractivity contribution in [1.29, 1.82) is 0 Å². The van der Waals surface area contributed by atoms with Crippen molar-refractivity contribution in [2.75, 3.05) is 13.7 Å². The number of hydrogen-bond donors (Lipinski definition) is 1. The normalized spacial score (nSPS) is 18.4. The average molecular weight is 370 g/mol. The van der Waals surface area contributed by atoms with Crippen LogP contribution in [0.4, 0.5) is 0 Å². The average Bonchev–Trinajstić information content (AvgIpc) is 2.68. The van der Waals surface area contributed by atoms with E-state index in [1.807, 2.05) is 27.7 Å². The van der Waals surface area contributed by atoms with Gasteiger partial charge in [0, 0.05) is 5.56 Å². The number of rotatable bonds is 4. The Hall–Kier alpha value is -2.69. The van der Waals surface area contributed by atoms with Gasteiger partial charge in [-0.2, -0.15) is 0 Å². The van der Waals surface area contributed by atoms with E-state index in [2.05, 4.69) is 0 Å². The van der Waals surface area contributed by atoms with Crippen molar-refractivity contribution in [3.63, 3.8) is 0 Å². The molecule has 1 aliphatic rings. The Balaban J connectivity index is 1.79. The van der Waals surface area contributed by atoms with Crippen LogP contribution in [-0.2, 0) is 11.2 Å². The summed E-state index contributed by atoms with van der Waals surface area (Å²) in [5.41, 5.74) is 3.42. The molecule has 1 heterocycles. The summed E-state index contributed by atoms with van der Waals surface area (Å²) >= 11 is 0. The summed E-state index contributed by atoms with van der Waals surface area (Å²) < 4.78 is 17.1. The number of carbonyl (C=O) groups is 1. The van der Waals surface area contributed by atoms with Crippen molar-refractivity contribution in [3.05, 3.63) is 52.1 Å². The Morgan fingerprint density at radius 3 is 2.59 bits per heavy atom. The van der Waals surface area contributed by atoms with Crippen LogP contribution in [0.3, 0.4) is 0 Å². The number of para-hydroxylation sites is 1. The topological polar surface area (TPSA) is 65.0 Å². The highest BCUT2D eigenvalue weighted by Crippen LogP contribution is 2.43. The van der Waals surface area contributed by atoms with Gasteiger partial charge in [0.1, 0.15) is 35.0 Å². The maximum Gasteiger partial charge on any atom is 0.342 e. The molecule has 0 amide bonds. The SMILES string of the molecule is COc1ccccc1C(=O)OCC1(C)CCc2c(C)c(O)c(C)c(C)c2O1. The van der Waals surface area contributed by atoms with E-state index in [1.165, 1.54) is 7.11 Å². The van der Waals surface area contributed by atoms with Gasteiger partial charge in [-0.1, -0.05) is 12.1 Å². The van der Waals surface area contributed by atoms with Gasteiger partial charge in [-0.25, -0.2) is 4.79 Å². The molecule has 27 heavy (non-hydrogen) atoms. The molecule has 0 fully saturated rings. The summed E-state index contributed by atoms with van der Waals surface area (Å²) in [6.45, 7) is 7.83. The van der Waals surface area contributed by atoms with E-state index in [0.29, 0.717) is 23.5 Å². The van der Waals surface area contributed by atoms with Crippen LogP contribution in [0.1, 0.15) is 46.0 Å². The quantitative estimate of drug-likeness (QED) is 0.815. The number of hydrogen-bond acceptors (Lipinski definition) is 5. The predicted molar refractivity (Wildman–Crippen MR) is 103 cm³/mol. The Bertz CT molecular complexity index is 887. The zero-order valence-electron chi connectivity index (χ0n) is 16.5. The number of carbonyl (C=O) groups excluding carboxylic acids is 1. The van der Waals surface area contributed by atoms with Gasteiger partial charge in [-0.3, -0.25) is 0 Å². The second-order valence-electron chi connectivity index (χ2n) is 7.36. The highest BCUT2D eigenvalue weighted by Gasteiger charge is 2.36. The number of methoxy groups -OCH3 is 1. The van der Waals surface area contributed by atoms with E-state index in [1.54, 1.807) is 24.3 Å². The minimum atomic E-state index is -0.620. The fourth-order valence-corrected chi connectivity index (χ4v) is 3.51. The zero-order chi connectivity index (χ0) is 19.8. The van der Waals surface area contributed by atoms with Crippen LogP contribution in [-0.4, -0.2) is 30.4 Å². The van der Waals surface area contributed by atoms with Crippen molar-refractivity contribution >= 4 is 5.97 Å². The van der Waals surface area contributed by atoms with E-state index >= 15 is 0 Å². The number of esters is 1. The first-order valence-electron chi connectivity index (χ1n) is 9.08. The first kappa shape index (κ1) is 19.1. The fourth-order valence-electron chi connectivity index (χ4n) is 3.51. The molecule has 1 aliphatic heterocycles. The molecule has 0 radical (unpaired) electrons. The molecule has 0 spiro atoms. The monoisotopic (exact) mass is 370 g/mol. The second-order valence-corrected chi connectivity index (χ2v) is 7.36. The molecule has 1 atom stereocenters. The fraction of sp³-hybridized carbons (Fsp3) is 0.409. The molecule has 2 aromatic carbocycles. The molecule has 0 aliphatic carbocycles.